The molecule has 0 aliphatic rings. The molecule has 1 aromatic rings. The third kappa shape index (κ3) is 5.45. The van der Waals surface area contributed by atoms with Crippen LogP contribution in [0.3, 0.4) is 0 Å². The largest absolute Gasteiger partial charge is 0.396 e. The first-order valence-corrected chi connectivity index (χ1v) is 6.03. The molecule has 0 saturated carbocycles. The Hall–Kier alpha value is -1.42. The quantitative estimate of drug-likeness (QED) is 0.746. The van der Waals surface area contributed by atoms with E-state index in [-0.39, 0.29) is 12.5 Å². The normalized spacial score (nSPS) is 12.1. The van der Waals surface area contributed by atoms with Crippen LogP contribution < -0.4 is 5.32 Å². The van der Waals surface area contributed by atoms with Crippen LogP contribution in [-0.4, -0.2) is 29.1 Å². The third-order valence-electron chi connectivity index (χ3n) is 2.77. The Kier molecular flexibility index (Phi) is 6.25. The molecule has 0 aliphatic carbocycles. The number of amides is 1. The highest BCUT2D eigenvalue weighted by Crippen LogP contribution is 2.05. The zero-order valence-electron chi connectivity index (χ0n) is 10.2. The highest BCUT2D eigenvalue weighted by Gasteiger charge is 2.08. The van der Waals surface area contributed by atoms with Crippen LogP contribution >= 0.6 is 0 Å². The van der Waals surface area contributed by atoms with Crippen LogP contribution in [-0.2, 0) is 11.2 Å². The lowest BCUT2D eigenvalue weighted by atomic mass is 10.0. The summed E-state index contributed by atoms with van der Waals surface area (Å²) in [4.78, 5) is 15.7. The van der Waals surface area contributed by atoms with E-state index in [1.807, 2.05) is 18.2 Å². The number of hydrogen-bond donors (Lipinski definition) is 2. The summed E-state index contributed by atoms with van der Waals surface area (Å²) >= 11 is 0. The van der Waals surface area contributed by atoms with E-state index < -0.39 is 0 Å². The lowest BCUT2D eigenvalue weighted by Crippen LogP contribution is -2.30. The van der Waals surface area contributed by atoms with Gasteiger partial charge in [-0.2, -0.15) is 0 Å². The molecule has 17 heavy (non-hydrogen) atoms. The van der Waals surface area contributed by atoms with Gasteiger partial charge in [-0.3, -0.25) is 9.78 Å². The van der Waals surface area contributed by atoms with Crippen LogP contribution in [0.1, 0.15) is 25.5 Å². The second kappa shape index (κ2) is 7.79. The molecule has 0 bridgehead atoms. The zero-order valence-corrected chi connectivity index (χ0v) is 10.2. The maximum absolute atomic E-state index is 11.6. The number of nitrogens with one attached hydrogen (secondary N) is 1. The van der Waals surface area contributed by atoms with Gasteiger partial charge in [-0.15, -0.1) is 0 Å². The number of pyridine rings is 1. The highest BCUT2D eigenvalue weighted by molar-refractivity contribution is 5.78. The fourth-order valence-electron chi connectivity index (χ4n) is 1.62. The van der Waals surface area contributed by atoms with Crippen LogP contribution in [0.2, 0.25) is 0 Å². The molecule has 0 saturated heterocycles. The molecule has 1 unspecified atom stereocenters. The fourth-order valence-corrected chi connectivity index (χ4v) is 1.62. The molecule has 94 valence electrons. The zero-order chi connectivity index (χ0) is 12.5. The van der Waals surface area contributed by atoms with Gasteiger partial charge in [-0.25, -0.2) is 0 Å². The van der Waals surface area contributed by atoms with E-state index in [1.165, 1.54) is 0 Å². The first-order valence-electron chi connectivity index (χ1n) is 6.03. The van der Waals surface area contributed by atoms with Crippen molar-refractivity contribution in [2.75, 3.05) is 13.2 Å². The standard InChI is InChI=1S/C13H20N2O2/c1-2-11(6-8-16)10-15-13(17)9-12-5-3-4-7-14-12/h3-5,7,11,16H,2,6,8-10H2,1H3,(H,15,17). The Morgan fingerprint density at radius 3 is 2.94 bits per heavy atom. The number of aromatic nitrogens is 1. The minimum Gasteiger partial charge on any atom is -0.396 e. The molecular weight excluding hydrogens is 216 g/mol. The van der Waals surface area contributed by atoms with E-state index in [2.05, 4.69) is 17.2 Å². The average molecular weight is 236 g/mol. The molecule has 0 spiro atoms. The van der Waals surface area contributed by atoms with Crippen LogP contribution in [0.5, 0.6) is 0 Å². The van der Waals surface area contributed by atoms with Crippen LogP contribution in [0.4, 0.5) is 0 Å². The number of nitrogens with zero attached hydrogens (tertiary/aromatic N) is 1. The number of aliphatic hydroxyl groups excluding tert-OH is 1. The van der Waals surface area contributed by atoms with E-state index >= 15 is 0 Å². The summed E-state index contributed by atoms with van der Waals surface area (Å²) in [6.07, 6.45) is 3.70. The van der Waals surface area contributed by atoms with Crippen molar-refractivity contribution in [3.63, 3.8) is 0 Å². The molecule has 0 radical (unpaired) electrons. The Morgan fingerprint density at radius 1 is 1.53 bits per heavy atom. The monoisotopic (exact) mass is 236 g/mol. The van der Waals surface area contributed by atoms with Gasteiger partial charge >= 0.3 is 0 Å². The van der Waals surface area contributed by atoms with E-state index in [0.29, 0.717) is 18.9 Å². The molecule has 1 amide bonds. The summed E-state index contributed by atoms with van der Waals surface area (Å²) in [5.41, 5.74) is 0.778. The maximum atomic E-state index is 11.6. The second-order valence-corrected chi connectivity index (χ2v) is 4.09. The van der Waals surface area contributed by atoms with Crippen LogP contribution in [0, 0.1) is 5.92 Å². The van der Waals surface area contributed by atoms with Gasteiger partial charge in [-0.05, 0) is 24.5 Å². The van der Waals surface area contributed by atoms with Crippen LogP contribution in [0.25, 0.3) is 0 Å². The van der Waals surface area contributed by atoms with E-state index in [0.717, 1.165) is 18.5 Å². The lowest BCUT2D eigenvalue weighted by molar-refractivity contribution is -0.120. The van der Waals surface area contributed by atoms with Crippen molar-refractivity contribution in [1.82, 2.24) is 10.3 Å². The van der Waals surface area contributed by atoms with Gasteiger partial charge in [0.05, 0.1) is 6.42 Å². The summed E-state index contributed by atoms with van der Waals surface area (Å²) < 4.78 is 0. The van der Waals surface area contributed by atoms with Crippen molar-refractivity contribution < 1.29 is 9.90 Å². The van der Waals surface area contributed by atoms with Gasteiger partial charge in [-0.1, -0.05) is 19.4 Å². The van der Waals surface area contributed by atoms with Gasteiger partial charge in [0.1, 0.15) is 0 Å². The van der Waals surface area contributed by atoms with E-state index in [9.17, 15) is 4.79 Å². The van der Waals surface area contributed by atoms with Gasteiger partial charge in [0.2, 0.25) is 5.91 Å². The molecule has 1 aromatic heterocycles. The van der Waals surface area contributed by atoms with Crippen molar-refractivity contribution in [3.8, 4) is 0 Å². The Labute approximate surface area is 102 Å². The van der Waals surface area contributed by atoms with Crippen molar-refractivity contribution in [2.24, 2.45) is 5.92 Å². The van der Waals surface area contributed by atoms with Crippen molar-refractivity contribution in [3.05, 3.63) is 30.1 Å². The molecule has 0 aromatic carbocycles. The maximum Gasteiger partial charge on any atom is 0.226 e. The van der Waals surface area contributed by atoms with E-state index in [4.69, 9.17) is 5.11 Å². The summed E-state index contributed by atoms with van der Waals surface area (Å²) in [6, 6.07) is 5.54. The Balaban J connectivity index is 2.30. The fraction of sp³-hybridized carbons (Fsp3) is 0.538. The van der Waals surface area contributed by atoms with Gasteiger partial charge in [0.25, 0.3) is 0 Å². The summed E-state index contributed by atoms with van der Waals surface area (Å²) in [7, 11) is 0. The first-order chi connectivity index (χ1) is 8.26. The molecule has 1 atom stereocenters. The number of carbonyl (C=O) groups is 1. The van der Waals surface area contributed by atoms with E-state index in [1.54, 1.807) is 6.20 Å². The molecule has 2 N–H and O–H groups in total. The summed E-state index contributed by atoms with van der Waals surface area (Å²) in [5.74, 6) is 0.341. The number of hydrogen-bond acceptors (Lipinski definition) is 3. The minimum atomic E-state index is -0.0138. The predicted molar refractivity (Wildman–Crippen MR) is 66.4 cm³/mol. The van der Waals surface area contributed by atoms with Crippen molar-refractivity contribution in [2.45, 2.75) is 26.2 Å². The molecule has 4 heteroatoms. The van der Waals surface area contributed by atoms with Crippen molar-refractivity contribution in [1.29, 1.82) is 0 Å². The van der Waals surface area contributed by atoms with Crippen LogP contribution in [0.15, 0.2) is 24.4 Å². The Bertz CT molecular complexity index is 327. The topological polar surface area (TPSA) is 62.2 Å². The Morgan fingerprint density at radius 2 is 2.35 bits per heavy atom. The number of aliphatic hydroxyl groups is 1. The number of rotatable bonds is 7. The minimum absolute atomic E-state index is 0.0138. The second-order valence-electron chi connectivity index (χ2n) is 4.09. The van der Waals surface area contributed by atoms with Gasteiger partial charge in [0.15, 0.2) is 0 Å². The molecule has 0 fully saturated rings. The third-order valence-corrected chi connectivity index (χ3v) is 2.77. The first kappa shape index (κ1) is 13.6. The summed E-state index contributed by atoms with van der Waals surface area (Å²) in [6.45, 7) is 2.86. The van der Waals surface area contributed by atoms with Gasteiger partial charge < -0.3 is 10.4 Å². The summed E-state index contributed by atoms with van der Waals surface area (Å²) in [5, 5.41) is 11.7. The number of carbonyl (C=O) groups excluding carboxylic acids is 1. The lowest BCUT2D eigenvalue weighted by Gasteiger charge is -2.14. The average Bonchev–Trinajstić information content (AvgIpc) is 2.35. The molecule has 1 rings (SSSR count). The SMILES string of the molecule is CCC(CCO)CNC(=O)Cc1ccccn1. The molecule has 0 aliphatic heterocycles. The predicted octanol–water partition coefficient (Wildman–Crippen LogP) is 1.15. The highest BCUT2D eigenvalue weighted by atomic mass is 16.3. The molecule has 1 heterocycles. The van der Waals surface area contributed by atoms with Crippen molar-refractivity contribution >= 4 is 5.91 Å². The molecule has 4 nitrogen and oxygen atoms in total. The molecular formula is C13H20N2O2. The smallest absolute Gasteiger partial charge is 0.226 e. The van der Waals surface area contributed by atoms with Gasteiger partial charge in [0, 0.05) is 25.0 Å².